The minimum Gasteiger partial charge on any atom is -0.370 e. The van der Waals surface area contributed by atoms with Crippen molar-refractivity contribution >= 4 is 11.6 Å². The van der Waals surface area contributed by atoms with Gasteiger partial charge in [-0.15, -0.1) is 0 Å². The van der Waals surface area contributed by atoms with Gasteiger partial charge < -0.3 is 11.1 Å². The van der Waals surface area contributed by atoms with Crippen molar-refractivity contribution in [3.8, 4) is 0 Å². The molecule has 0 fully saturated rings. The Labute approximate surface area is 97.8 Å². The maximum absolute atomic E-state index is 5.81. The lowest BCUT2D eigenvalue weighted by molar-refractivity contribution is 0.832. The molecule has 0 saturated carbocycles. The zero-order chi connectivity index (χ0) is 12.1. The highest BCUT2D eigenvalue weighted by molar-refractivity contribution is 5.93. The van der Waals surface area contributed by atoms with Gasteiger partial charge in [-0.05, 0) is 31.4 Å². The molecule has 0 unspecified atom stereocenters. The summed E-state index contributed by atoms with van der Waals surface area (Å²) in [6, 6.07) is 8.37. The Balaban J connectivity index is 2.89. The zero-order valence-corrected chi connectivity index (χ0v) is 10.5. The number of nitrogens with zero attached hydrogens (tertiary/aromatic N) is 1. The second kappa shape index (κ2) is 5.54. The molecule has 0 spiro atoms. The predicted molar refractivity (Wildman–Crippen MR) is 70.9 cm³/mol. The average molecular weight is 219 g/mol. The molecule has 1 aromatic rings. The summed E-state index contributed by atoms with van der Waals surface area (Å²) < 4.78 is 0. The van der Waals surface area contributed by atoms with Crippen LogP contribution in [0.1, 0.15) is 39.2 Å². The number of hydrogen-bond acceptors (Lipinski definition) is 1. The van der Waals surface area contributed by atoms with Crippen LogP contribution >= 0.6 is 0 Å². The number of benzene rings is 1. The Bertz CT molecular complexity index is 367. The predicted octanol–water partition coefficient (Wildman–Crippen LogP) is 2.95. The van der Waals surface area contributed by atoms with E-state index in [1.54, 1.807) is 0 Å². The molecule has 0 aromatic heterocycles. The molecule has 0 amide bonds. The summed E-state index contributed by atoms with van der Waals surface area (Å²) in [5.41, 5.74) is 8.11. The molecule has 1 rings (SSSR count). The van der Waals surface area contributed by atoms with Gasteiger partial charge in [0.05, 0.1) is 0 Å². The largest absolute Gasteiger partial charge is 0.370 e. The van der Waals surface area contributed by atoms with Gasteiger partial charge in [-0.2, -0.15) is 0 Å². The molecule has 3 nitrogen and oxygen atoms in total. The van der Waals surface area contributed by atoms with Crippen LogP contribution in [-0.2, 0) is 0 Å². The number of rotatable bonds is 3. The highest BCUT2D eigenvalue weighted by Crippen LogP contribution is 2.23. The van der Waals surface area contributed by atoms with E-state index in [2.05, 4.69) is 30.2 Å². The van der Waals surface area contributed by atoms with E-state index in [0.29, 0.717) is 11.9 Å². The van der Waals surface area contributed by atoms with E-state index < -0.39 is 0 Å². The molecule has 0 atom stereocenters. The Morgan fingerprint density at radius 2 is 1.81 bits per heavy atom. The highest BCUT2D eigenvalue weighted by atomic mass is 15.1. The third-order valence-corrected chi connectivity index (χ3v) is 2.24. The van der Waals surface area contributed by atoms with E-state index in [-0.39, 0.29) is 6.04 Å². The van der Waals surface area contributed by atoms with Crippen molar-refractivity contribution in [2.75, 3.05) is 5.32 Å². The van der Waals surface area contributed by atoms with E-state index in [1.165, 1.54) is 5.56 Å². The Morgan fingerprint density at radius 1 is 1.19 bits per heavy atom. The van der Waals surface area contributed by atoms with Gasteiger partial charge in [-0.1, -0.05) is 32.0 Å². The number of nitrogens with one attached hydrogen (secondary N) is 1. The van der Waals surface area contributed by atoms with Crippen molar-refractivity contribution in [3.05, 3.63) is 29.8 Å². The molecule has 1 aromatic carbocycles. The fourth-order valence-corrected chi connectivity index (χ4v) is 1.56. The van der Waals surface area contributed by atoms with Crippen LogP contribution in [0.5, 0.6) is 0 Å². The molecule has 0 aliphatic rings. The van der Waals surface area contributed by atoms with Crippen LogP contribution in [0.2, 0.25) is 0 Å². The summed E-state index contributed by atoms with van der Waals surface area (Å²) >= 11 is 0. The number of guanidine groups is 1. The van der Waals surface area contributed by atoms with Crippen LogP contribution in [0.4, 0.5) is 5.69 Å². The minimum absolute atomic E-state index is 0.207. The average Bonchev–Trinajstić information content (AvgIpc) is 2.16. The van der Waals surface area contributed by atoms with Crippen molar-refractivity contribution in [2.45, 2.75) is 39.7 Å². The normalized spacial score (nSPS) is 12.2. The molecule has 3 heteroatoms. The summed E-state index contributed by atoms with van der Waals surface area (Å²) in [6.45, 7) is 8.33. The molecule has 0 bridgehead atoms. The molecule has 88 valence electrons. The van der Waals surface area contributed by atoms with Crippen molar-refractivity contribution in [2.24, 2.45) is 10.7 Å². The summed E-state index contributed by atoms with van der Waals surface area (Å²) in [5, 5.41) is 3.15. The van der Waals surface area contributed by atoms with Gasteiger partial charge in [0.1, 0.15) is 0 Å². The lowest BCUT2D eigenvalue weighted by Gasteiger charge is -2.14. The molecular formula is C13H21N3. The molecule has 0 radical (unpaired) electrons. The van der Waals surface area contributed by atoms with Crippen LogP contribution in [0.15, 0.2) is 29.3 Å². The fraction of sp³-hybridized carbons (Fsp3) is 0.462. The van der Waals surface area contributed by atoms with Crippen LogP contribution in [0.3, 0.4) is 0 Å². The van der Waals surface area contributed by atoms with E-state index in [4.69, 9.17) is 5.73 Å². The number of nitrogens with two attached hydrogens (primary N) is 1. The molecule has 0 heterocycles. The summed E-state index contributed by atoms with van der Waals surface area (Å²) in [6.07, 6.45) is 0. The van der Waals surface area contributed by atoms with E-state index in [0.717, 1.165) is 5.69 Å². The number of anilines is 1. The minimum atomic E-state index is 0.207. The van der Waals surface area contributed by atoms with Gasteiger partial charge >= 0.3 is 0 Å². The Hall–Kier alpha value is -1.51. The monoisotopic (exact) mass is 219 g/mol. The molecule has 0 saturated heterocycles. The van der Waals surface area contributed by atoms with Gasteiger partial charge in [0.2, 0.25) is 0 Å². The van der Waals surface area contributed by atoms with Crippen LogP contribution < -0.4 is 11.1 Å². The van der Waals surface area contributed by atoms with Crippen LogP contribution in [0.25, 0.3) is 0 Å². The van der Waals surface area contributed by atoms with Gasteiger partial charge in [-0.25, -0.2) is 0 Å². The maximum atomic E-state index is 5.81. The lowest BCUT2D eigenvalue weighted by atomic mass is 10.0. The van der Waals surface area contributed by atoms with E-state index in [1.807, 2.05) is 32.0 Å². The van der Waals surface area contributed by atoms with Gasteiger partial charge in [0, 0.05) is 11.7 Å². The summed E-state index contributed by atoms with van der Waals surface area (Å²) in [5.74, 6) is 0.943. The number of para-hydroxylation sites is 1. The van der Waals surface area contributed by atoms with E-state index >= 15 is 0 Å². The van der Waals surface area contributed by atoms with Crippen molar-refractivity contribution in [1.82, 2.24) is 0 Å². The van der Waals surface area contributed by atoms with Gasteiger partial charge in [-0.3, -0.25) is 4.99 Å². The molecule has 0 aliphatic carbocycles. The molecule has 0 aliphatic heterocycles. The Kier molecular flexibility index (Phi) is 4.35. The first-order chi connectivity index (χ1) is 7.50. The highest BCUT2D eigenvalue weighted by Gasteiger charge is 2.06. The Morgan fingerprint density at radius 3 is 2.38 bits per heavy atom. The maximum Gasteiger partial charge on any atom is 0.193 e. The summed E-state index contributed by atoms with van der Waals surface area (Å²) in [4.78, 5) is 4.26. The fourth-order valence-electron chi connectivity index (χ4n) is 1.56. The second-order valence-electron chi connectivity index (χ2n) is 4.48. The smallest absolute Gasteiger partial charge is 0.193 e. The second-order valence-corrected chi connectivity index (χ2v) is 4.48. The number of aliphatic imine (C=N–C) groups is 1. The standard InChI is InChI=1S/C13H21N3/c1-9(2)11-7-5-6-8-12(11)16-13(14)15-10(3)4/h5-10H,1-4H3,(H3,14,15,16). The van der Waals surface area contributed by atoms with Gasteiger partial charge in [0.25, 0.3) is 0 Å². The quantitative estimate of drug-likeness (QED) is 0.606. The third-order valence-electron chi connectivity index (χ3n) is 2.24. The zero-order valence-electron chi connectivity index (χ0n) is 10.5. The van der Waals surface area contributed by atoms with Gasteiger partial charge in [0.15, 0.2) is 5.96 Å². The molecular weight excluding hydrogens is 198 g/mol. The lowest BCUT2D eigenvalue weighted by Crippen LogP contribution is -2.24. The first-order valence-corrected chi connectivity index (χ1v) is 5.70. The summed E-state index contributed by atoms with van der Waals surface area (Å²) in [7, 11) is 0. The van der Waals surface area contributed by atoms with Crippen molar-refractivity contribution in [1.29, 1.82) is 0 Å². The van der Waals surface area contributed by atoms with Crippen molar-refractivity contribution in [3.63, 3.8) is 0 Å². The SMILES string of the molecule is CC(C)N=C(N)Nc1ccccc1C(C)C. The molecule has 3 N–H and O–H groups in total. The first kappa shape index (κ1) is 12.6. The molecule has 16 heavy (non-hydrogen) atoms. The van der Waals surface area contributed by atoms with Crippen LogP contribution in [0, 0.1) is 0 Å². The topological polar surface area (TPSA) is 50.4 Å². The van der Waals surface area contributed by atoms with Crippen LogP contribution in [-0.4, -0.2) is 12.0 Å². The third kappa shape index (κ3) is 3.57. The first-order valence-electron chi connectivity index (χ1n) is 5.70. The van der Waals surface area contributed by atoms with Crippen molar-refractivity contribution < 1.29 is 0 Å². The number of hydrogen-bond donors (Lipinski definition) is 2. The van der Waals surface area contributed by atoms with E-state index in [9.17, 15) is 0 Å².